The van der Waals surface area contributed by atoms with Gasteiger partial charge in [-0.25, -0.2) is 8.42 Å². The van der Waals surface area contributed by atoms with Crippen LogP contribution in [0.5, 0.6) is 0 Å². The predicted molar refractivity (Wildman–Crippen MR) is 99.8 cm³/mol. The van der Waals surface area contributed by atoms with Crippen molar-refractivity contribution in [3.63, 3.8) is 0 Å². The summed E-state index contributed by atoms with van der Waals surface area (Å²) in [6, 6.07) is 3.56. The Bertz CT molecular complexity index is 735. The quantitative estimate of drug-likeness (QED) is 0.673. The van der Waals surface area contributed by atoms with E-state index in [0.717, 1.165) is 56.5 Å². The molecule has 0 unspecified atom stereocenters. The van der Waals surface area contributed by atoms with Crippen LogP contribution >= 0.6 is 0 Å². The number of sulfonamides is 1. The zero-order valence-electron chi connectivity index (χ0n) is 15.9. The molecular weight excluding hydrogens is 377 g/mol. The first-order chi connectivity index (χ1) is 12.5. The molecule has 1 aromatic rings. The van der Waals surface area contributed by atoms with Crippen molar-refractivity contribution in [2.45, 2.75) is 42.8 Å². The Morgan fingerprint density at radius 1 is 1.04 bits per heavy atom. The van der Waals surface area contributed by atoms with E-state index in [2.05, 4.69) is 17.1 Å². The maximum atomic E-state index is 12.7. The van der Waals surface area contributed by atoms with Crippen LogP contribution < -0.4 is 0 Å². The fourth-order valence-electron chi connectivity index (χ4n) is 3.30. The van der Waals surface area contributed by atoms with Crippen molar-refractivity contribution in [3.05, 3.63) is 42.0 Å². The first-order valence-corrected chi connectivity index (χ1v) is 10.4. The van der Waals surface area contributed by atoms with E-state index in [9.17, 15) is 21.6 Å². The zero-order chi connectivity index (χ0) is 20.2. The lowest BCUT2D eigenvalue weighted by Gasteiger charge is -2.33. The molecule has 0 heterocycles. The van der Waals surface area contributed by atoms with Crippen LogP contribution in [-0.2, 0) is 16.2 Å². The molecule has 0 N–H and O–H groups in total. The molecule has 1 aliphatic rings. The molecule has 0 bridgehead atoms. The van der Waals surface area contributed by atoms with Gasteiger partial charge in [0, 0.05) is 19.6 Å². The van der Waals surface area contributed by atoms with Gasteiger partial charge in [0.25, 0.3) is 0 Å². The molecule has 2 rings (SSSR count). The summed E-state index contributed by atoms with van der Waals surface area (Å²) in [5.41, 5.74) is -0.853. The molecule has 0 amide bonds. The average Bonchev–Trinajstić information content (AvgIpc) is 2.61. The minimum absolute atomic E-state index is 0.106. The molecule has 0 aliphatic heterocycles. The molecule has 0 spiro atoms. The number of benzene rings is 1. The number of likely N-dealkylation sites (N-methyl/N-ethyl adjacent to an activating group) is 1. The van der Waals surface area contributed by atoms with Crippen LogP contribution in [0.3, 0.4) is 0 Å². The van der Waals surface area contributed by atoms with Gasteiger partial charge in [-0.15, -0.1) is 0 Å². The second-order valence-electron chi connectivity index (χ2n) is 7.30. The number of alkyl halides is 3. The lowest BCUT2D eigenvalue weighted by atomic mass is 9.86. The van der Waals surface area contributed by atoms with E-state index in [0.29, 0.717) is 5.92 Å². The molecule has 0 saturated heterocycles. The maximum Gasteiger partial charge on any atom is 0.416 e. The largest absolute Gasteiger partial charge is 0.416 e. The molecule has 0 radical (unpaired) electrons. The molecule has 1 aromatic carbocycles. The second kappa shape index (κ2) is 8.75. The minimum atomic E-state index is -4.48. The predicted octanol–water partition coefficient (Wildman–Crippen LogP) is 4.00. The van der Waals surface area contributed by atoms with Gasteiger partial charge < -0.3 is 4.90 Å². The molecule has 1 aliphatic carbocycles. The third kappa shape index (κ3) is 5.80. The number of nitrogens with zero attached hydrogens (tertiary/aromatic N) is 2. The molecule has 152 valence electrons. The molecule has 4 nitrogen and oxygen atoms in total. The highest BCUT2D eigenvalue weighted by Gasteiger charge is 2.33. The van der Waals surface area contributed by atoms with Crippen molar-refractivity contribution in [2.24, 2.45) is 5.92 Å². The van der Waals surface area contributed by atoms with E-state index in [-0.39, 0.29) is 10.9 Å². The average molecular weight is 404 g/mol. The Morgan fingerprint density at radius 3 is 2.07 bits per heavy atom. The number of hydrogen-bond donors (Lipinski definition) is 0. The lowest BCUT2D eigenvalue weighted by Crippen LogP contribution is -2.39. The second-order valence-corrected chi connectivity index (χ2v) is 9.30. The Labute approximate surface area is 159 Å². The van der Waals surface area contributed by atoms with Crippen LogP contribution in [-0.4, -0.2) is 51.4 Å². The zero-order valence-corrected chi connectivity index (χ0v) is 16.7. The van der Waals surface area contributed by atoms with E-state index in [4.69, 9.17) is 0 Å². The third-order valence-corrected chi connectivity index (χ3v) is 6.92. The first kappa shape index (κ1) is 21.9. The van der Waals surface area contributed by atoms with E-state index in [1.165, 1.54) is 11.4 Å². The molecule has 27 heavy (non-hydrogen) atoms. The number of rotatable bonds is 6. The minimum Gasteiger partial charge on any atom is -0.306 e. The fraction of sp³-hybridized carbons (Fsp3) is 0.579. The van der Waals surface area contributed by atoms with Crippen molar-refractivity contribution in [1.82, 2.24) is 9.21 Å². The van der Waals surface area contributed by atoms with Gasteiger partial charge in [0.05, 0.1) is 10.5 Å². The van der Waals surface area contributed by atoms with Crippen LogP contribution in [0.1, 0.15) is 31.2 Å². The van der Waals surface area contributed by atoms with Gasteiger partial charge in [-0.1, -0.05) is 12.2 Å². The summed E-state index contributed by atoms with van der Waals surface area (Å²) in [5.74, 6) is 0.448. The molecule has 0 aromatic heterocycles. The number of hydrogen-bond acceptors (Lipinski definition) is 3. The van der Waals surface area contributed by atoms with Crippen LogP contribution in [0.25, 0.3) is 0 Å². The monoisotopic (exact) mass is 404 g/mol. The van der Waals surface area contributed by atoms with Gasteiger partial charge in [-0.2, -0.15) is 17.5 Å². The SMILES string of the molecule is CN(C)C/C=C/[C@H]1CC[C@H](N(C)S(=O)(=O)c2ccc(C(F)(F)F)cc2)CC1. The summed E-state index contributed by atoms with van der Waals surface area (Å²) >= 11 is 0. The van der Waals surface area contributed by atoms with Crippen LogP contribution in [0.4, 0.5) is 13.2 Å². The Hall–Kier alpha value is -1.38. The summed E-state index contributed by atoms with van der Waals surface area (Å²) in [5, 5.41) is 0. The number of allylic oxidation sites excluding steroid dienone is 1. The Balaban J connectivity index is 2.00. The summed E-state index contributed by atoms with van der Waals surface area (Å²) in [6.07, 6.45) is 3.14. The summed E-state index contributed by atoms with van der Waals surface area (Å²) in [4.78, 5) is 1.97. The van der Waals surface area contributed by atoms with Gasteiger partial charge in [0.1, 0.15) is 0 Å². The Kier molecular flexibility index (Phi) is 7.10. The standard InChI is InChI=1S/C19H27F3N2O2S/c1-23(2)14-4-5-15-6-10-17(11-7-15)24(3)27(25,26)18-12-8-16(9-13-18)19(20,21)22/h4-5,8-9,12-13,15,17H,6-7,10-11,14H2,1-3H3/b5-4+/t15-,17-. The highest BCUT2D eigenvalue weighted by Crippen LogP contribution is 2.32. The molecule has 1 saturated carbocycles. The van der Waals surface area contributed by atoms with Crippen molar-refractivity contribution in [2.75, 3.05) is 27.7 Å². The Morgan fingerprint density at radius 2 is 1.59 bits per heavy atom. The molecule has 8 heteroatoms. The van der Waals surface area contributed by atoms with E-state index >= 15 is 0 Å². The van der Waals surface area contributed by atoms with Crippen LogP contribution in [0.15, 0.2) is 41.3 Å². The van der Waals surface area contributed by atoms with Gasteiger partial charge in [0.15, 0.2) is 0 Å². The lowest BCUT2D eigenvalue weighted by molar-refractivity contribution is -0.137. The fourth-order valence-corrected chi connectivity index (χ4v) is 4.72. The third-order valence-electron chi connectivity index (χ3n) is 4.99. The highest BCUT2D eigenvalue weighted by molar-refractivity contribution is 7.89. The summed E-state index contributed by atoms with van der Waals surface area (Å²) in [6.45, 7) is 0.877. The van der Waals surface area contributed by atoms with E-state index in [1.807, 2.05) is 14.1 Å². The summed E-state index contributed by atoms with van der Waals surface area (Å²) in [7, 11) is 1.71. The van der Waals surface area contributed by atoms with E-state index in [1.54, 1.807) is 0 Å². The van der Waals surface area contributed by atoms with Gasteiger partial charge >= 0.3 is 6.18 Å². The topological polar surface area (TPSA) is 40.6 Å². The molecule has 1 fully saturated rings. The van der Waals surface area contributed by atoms with Crippen molar-refractivity contribution in [3.8, 4) is 0 Å². The molecule has 0 atom stereocenters. The molecular formula is C19H27F3N2O2S. The smallest absolute Gasteiger partial charge is 0.306 e. The van der Waals surface area contributed by atoms with E-state index < -0.39 is 21.8 Å². The van der Waals surface area contributed by atoms with Crippen LogP contribution in [0.2, 0.25) is 0 Å². The summed E-state index contributed by atoms with van der Waals surface area (Å²) < 4.78 is 64.8. The van der Waals surface area contributed by atoms with Crippen LogP contribution in [0, 0.1) is 5.92 Å². The highest BCUT2D eigenvalue weighted by atomic mass is 32.2. The maximum absolute atomic E-state index is 12.7. The van der Waals surface area contributed by atoms with Gasteiger partial charge in [-0.05, 0) is 70.0 Å². The van der Waals surface area contributed by atoms with Crippen molar-refractivity contribution in [1.29, 1.82) is 0 Å². The van der Waals surface area contributed by atoms with Gasteiger partial charge in [-0.3, -0.25) is 0 Å². The first-order valence-electron chi connectivity index (χ1n) is 8.98. The normalized spacial score (nSPS) is 22.1. The van der Waals surface area contributed by atoms with Crippen molar-refractivity contribution < 1.29 is 21.6 Å². The van der Waals surface area contributed by atoms with Crippen molar-refractivity contribution >= 4 is 10.0 Å². The number of halogens is 3. The van der Waals surface area contributed by atoms with Gasteiger partial charge in [0.2, 0.25) is 10.0 Å².